The number of halogens is 1. The van der Waals surface area contributed by atoms with Crippen molar-refractivity contribution in [2.75, 3.05) is 0 Å². The minimum absolute atomic E-state index is 0.342. The molecule has 0 radical (unpaired) electrons. The highest BCUT2D eigenvalue weighted by atomic mass is 35.5. The van der Waals surface area contributed by atoms with E-state index in [1.165, 1.54) is 5.56 Å². The van der Waals surface area contributed by atoms with E-state index < -0.39 is 0 Å². The lowest BCUT2D eigenvalue weighted by molar-refractivity contribution is 0.306. The molecule has 4 heteroatoms. The smallest absolute Gasteiger partial charge is 0.336 e. The lowest BCUT2D eigenvalue weighted by atomic mass is 10.0. The first kappa shape index (κ1) is 17.6. The number of ether oxygens (including phenoxy) is 1. The molecule has 0 fully saturated rings. The Hall–Kier alpha value is -2.26. The van der Waals surface area contributed by atoms with Gasteiger partial charge in [-0.1, -0.05) is 54.8 Å². The van der Waals surface area contributed by atoms with Gasteiger partial charge in [0.2, 0.25) is 0 Å². The quantitative estimate of drug-likeness (QED) is 0.533. The number of aryl methyl sites for hydroxylation is 2. The first-order valence-electron chi connectivity index (χ1n) is 8.51. The van der Waals surface area contributed by atoms with Gasteiger partial charge in [-0.25, -0.2) is 4.79 Å². The monoisotopic (exact) mass is 356 g/mol. The number of benzene rings is 2. The van der Waals surface area contributed by atoms with Crippen LogP contribution in [0.1, 0.15) is 36.5 Å². The fraction of sp³-hybridized carbons (Fsp3) is 0.286. The Morgan fingerprint density at radius 1 is 1.12 bits per heavy atom. The Morgan fingerprint density at radius 3 is 2.60 bits per heavy atom. The van der Waals surface area contributed by atoms with E-state index in [4.69, 9.17) is 20.8 Å². The topological polar surface area (TPSA) is 39.4 Å². The highest BCUT2D eigenvalue weighted by Gasteiger charge is 2.11. The molecular weight excluding hydrogens is 336 g/mol. The van der Waals surface area contributed by atoms with Crippen LogP contribution in [0.25, 0.3) is 11.0 Å². The summed E-state index contributed by atoms with van der Waals surface area (Å²) in [4.78, 5) is 11.8. The summed E-state index contributed by atoms with van der Waals surface area (Å²) in [6.45, 7) is 4.58. The third-order valence-electron chi connectivity index (χ3n) is 4.20. The summed E-state index contributed by atoms with van der Waals surface area (Å²) in [5, 5.41) is 1.40. The summed E-state index contributed by atoms with van der Waals surface area (Å²) < 4.78 is 11.2. The van der Waals surface area contributed by atoms with Crippen molar-refractivity contribution in [1.82, 2.24) is 0 Å². The molecule has 1 heterocycles. The second-order valence-corrected chi connectivity index (χ2v) is 6.65. The highest BCUT2D eigenvalue weighted by Crippen LogP contribution is 2.32. The molecule has 0 atom stereocenters. The van der Waals surface area contributed by atoms with Crippen molar-refractivity contribution in [1.29, 1.82) is 0 Å². The molecule has 2 aromatic carbocycles. The van der Waals surface area contributed by atoms with Crippen molar-refractivity contribution in [2.45, 2.75) is 39.7 Å². The summed E-state index contributed by atoms with van der Waals surface area (Å²) in [5.74, 6) is 0.519. The minimum Gasteiger partial charge on any atom is -0.487 e. The van der Waals surface area contributed by atoms with Gasteiger partial charge in [-0.15, -0.1) is 0 Å². The van der Waals surface area contributed by atoms with Gasteiger partial charge < -0.3 is 9.15 Å². The second kappa shape index (κ2) is 7.75. The number of hydrogen-bond donors (Lipinski definition) is 0. The summed E-state index contributed by atoms with van der Waals surface area (Å²) >= 11 is 6.40. The first-order chi connectivity index (χ1) is 12.1. The van der Waals surface area contributed by atoms with Gasteiger partial charge in [-0.05, 0) is 37.0 Å². The van der Waals surface area contributed by atoms with Gasteiger partial charge in [-0.2, -0.15) is 0 Å². The van der Waals surface area contributed by atoms with E-state index in [1.54, 1.807) is 12.1 Å². The highest BCUT2D eigenvalue weighted by molar-refractivity contribution is 6.32. The molecule has 0 bridgehead atoms. The lowest BCUT2D eigenvalue weighted by Gasteiger charge is -2.11. The zero-order valence-electron chi connectivity index (χ0n) is 14.5. The van der Waals surface area contributed by atoms with Crippen LogP contribution in [0.5, 0.6) is 5.75 Å². The summed E-state index contributed by atoms with van der Waals surface area (Å²) in [5.41, 5.74) is 3.40. The molecular formula is C21H21ClO3. The average molecular weight is 357 g/mol. The zero-order valence-corrected chi connectivity index (χ0v) is 15.2. The van der Waals surface area contributed by atoms with Gasteiger partial charge >= 0.3 is 5.63 Å². The predicted molar refractivity (Wildman–Crippen MR) is 102 cm³/mol. The number of rotatable bonds is 6. The fourth-order valence-corrected chi connectivity index (χ4v) is 2.98. The molecule has 0 saturated carbocycles. The third-order valence-corrected chi connectivity index (χ3v) is 4.49. The maximum absolute atomic E-state index is 11.8. The molecule has 0 unspecified atom stereocenters. The fourth-order valence-electron chi connectivity index (χ4n) is 2.76. The zero-order chi connectivity index (χ0) is 17.8. The van der Waals surface area contributed by atoms with Crippen molar-refractivity contribution in [3.63, 3.8) is 0 Å². The van der Waals surface area contributed by atoms with Gasteiger partial charge in [-0.3, -0.25) is 0 Å². The standard InChI is InChI=1S/C21H21ClO3/c1-3-4-5-16-10-21(23)25-19-12-20(18(22)11-17(16)19)24-13-15-8-6-14(2)7-9-15/h6-12H,3-5,13H2,1-2H3. The van der Waals surface area contributed by atoms with Gasteiger partial charge in [0.25, 0.3) is 0 Å². The van der Waals surface area contributed by atoms with Crippen LogP contribution in [0.4, 0.5) is 0 Å². The van der Waals surface area contributed by atoms with Crippen molar-refractivity contribution < 1.29 is 9.15 Å². The molecule has 0 spiro atoms. The Kier molecular flexibility index (Phi) is 5.44. The molecule has 0 aliphatic rings. The number of fused-ring (bicyclic) bond motifs is 1. The number of unbranched alkanes of at least 4 members (excludes halogenated alkanes) is 1. The molecule has 3 rings (SSSR count). The Labute approximate surface area is 152 Å². The Morgan fingerprint density at radius 2 is 1.88 bits per heavy atom. The van der Waals surface area contributed by atoms with Crippen molar-refractivity contribution in [3.05, 3.63) is 74.6 Å². The largest absolute Gasteiger partial charge is 0.487 e. The molecule has 0 aliphatic heterocycles. The van der Waals surface area contributed by atoms with Crippen LogP contribution < -0.4 is 10.4 Å². The summed E-state index contributed by atoms with van der Waals surface area (Å²) in [6.07, 6.45) is 2.91. The van der Waals surface area contributed by atoms with E-state index in [0.717, 1.165) is 35.8 Å². The van der Waals surface area contributed by atoms with Gasteiger partial charge in [0.1, 0.15) is 17.9 Å². The molecule has 25 heavy (non-hydrogen) atoms. The van der Waals surface area contributed by atoms with E-state index in [2.05, 4.69) is 6.92 Å². The second-order valence-electron chi connectivity index (χ2n) is 6.25. The molecule has 0 amide bonds. The Balaban J connectivity index is 1.90. The van der Waals surface area contributed by atoms with Gasteiger partial charge in [0.05, 0.1) is 5.02 Å². The predicted octanol–water partition coefficient (Wildman–Crippen LogP) is 5.68. The maximum atomic E-state index is 11.8. The third kappa shape index (κ3) is 4.23. The summed E-state index contributed by atoms with van der Waals surface area (Å²) in [6, 6.07) is 13.2. The van der Waals surface area contributed by atoms with Crippen molar-refractivity contribution in [2.24, 2.45) is 0 Å². The van der Waals surface area contributed by atoms with Crippen LogP contribution >= 0.6 is 11.6 Å². The average Bonchev–Trinajstić information content (AvgIpc) is 2.60. The molecule has 3 aromatic rings. The van der Waals surface area contributed by atoms with Crippen LogP contribution in [0.15, 0.2) is 51.7 Å². The molecule has 3 nitrogen and oxygen atoms in total. The van der Waals surface area contributed by atoms with Crippen LogP contribution in [0.3, 0.4) is 0 Å². The Bertz CT molecular complexity index is 926. The van der Waals surface area contributed by atoms with Crippen LogP contribution in [0, 0.1) is 6.92 Å². The maximum Gasteiger partial charge on any atom is 0.336 e. The van der Waals surface area contributed by atoms with Crippen LogP contribution in [0.2, 0.25) is 5.02 Å². The van der Waals surface area contributed by atoms with Crippen LogP contribution in [-0.4, -0.2) is 0 Å². The molecule has 0 saturated heterocycles. The molecule has 0 aliphatic carbocycles. The molecule has 130 valence electrons. The van der Waals surface area contributed by atoms with Crippen LogP contribution in [-0.2, 0) is 13.0 Å². The van der Waals surface area contributed by atoms with E-state index in [9.17, 15) is 4.79 Å². The van der Waals surface area contributed by atoms with Crippen molar-refractivity contribution in [3.8, 4) is 5.75 Å². The summed E-state index contributed by atoms with van der Waals surface area (Å²) in [7, 11) is 0. The van der Waals surface area contributed by atoms with E-state index in [-0.39, 0.29) is 5.63 Å². The molecule has 0 N–H and O–H groups in total. The SMILES string of the molecule is CCCCc1cc(=O)oc2cc(OCc3ccc(C)cc3)c(Cl)cc12. The van der Waals surface area contributed by atoms with Crippen molar-refractivity contribution >= 4 is 22.6 Å². The molecule has 1 aromatic heterocycles. The van der Waals surface area contributed by atoms with E-state index >= 15 is 0 Å². The normalized spacial score (nSPS) is 11.0. The first-order valence-corrected chi connectivity index (χ1v) is 8.89. The van der Waals surface area contributed by atoms with E-state index in [0.29, 0.717) is 23.0 Å². The minimum atomic E-state index is -0.342. The van der Waals surface area contributed by atoms with Gasteiger partial charge in [0, 0.05) is 17.5 Å². The number of hydrogen-bond acceptors (Lipinski definition) is 3. The lowest BCUT2D eigenvalue weighted by Crippen LogP contribution is -2.02. The van der Waals surface area contributed by atoms with Gasteiger partial charge in [0.15, 0.2) is 0 Å². The van der Waals surface area contributed by atoms with E-state index in [1.807, 2.05) is 37.3 Å².